The molecule has 0 spiro atoms. The summed E-state index contributed by atoms with van der Waals surface area (Å²) in [5, 5.41) is 4.39. The molecule has 3 nitrogen and oxygen atoms in total. The largest absolute Gasteiger partial charge is 0.383 e. The van der Waals surface area contributed by atoms with E-state index in [1.165, 1.54) is 36.0 Å². The third-order valence-corrected chi connectivity index (χ3v) is 4.21. The van der Waals surface area contributed by atoms with Crippen molar-refractivity contribution in [3.63, 3.8) is 0 Å². The second-order valence-electron chi connectivity index (χ2n) is 4.85. The van der Waals surface area contributed by atoms with Crippen molar-refractivity contribution >= 4 is 22.4 Å². The molecule has 0 unspecified atom stereocenters. The lowest BCUT2D eigenvalue weighted by Gasteiger charge is -2.07. The van der Waals surface area contributed by atoms with Crippen LogP contribution < -0.4 is 11.1 Å². The van der Waals surface area contributed by atoms with Crippen molar-refractivity contribution in [1.82, 2.24) is 4.37 Å². The molecule has 3 N–H and O–H groups in total. The smallest absolute Gasteiger partial charge is 0.142 e. The van der Waals surface area contributed by atoms with Crippen LogP contribution >= 0.6 is 11.5 Å². The molecule has 0 bridgehead atoms. The lowest BCUT2D eigenvalue weighted by molar-refractivity contribution is 0.610. The minimum atomic E-state index is -0.143. The first-order valence-corrected chi connectivity index (χ1v) is 7.25. The van der Waals surface area contributed by atoms with Gasteiger partial charge in [0, 0.05) is 12.1 Å². The Balaban J connectivity index is 1.62. The summed E-state index contributed by atoms with van der Waals surface area (Å²) in [5.74, 6) is 1.09. The molecule has 19 heavy (non-hydrogen) atoms. The molecule has 1 aromatic carbocycles. The van der Waals surface area contributed by atoms with E-state index in [4.69, 9.17) is 5.73 Å². The maximum Gasteiger partial charge on any atom is 0.142 e. The van der Waals surface area contributed by atoms with Crippen LogP contribution in [0.5, 0.6) is 0 Å². The molecule has 0 atom stereocenters. The number of benzene rings is 1. The highest BCUT2D eigenvalue weighted by Gasteiger charge is 2.30. The summed E-state index contributed by atoms with van der Waals surface area (Å²) in [6.45, 7) is 0.697. The summed E-state index contributed by atoms with van der Waals surface area (Å²) in [7, 11) is 0. The Bertz CT molecular complexity index is 578. The van der Waals surface area contributed by atoms with Crippen molar-refractivity contribution in [3.05, 3.63) is 41.2 Å². The van der Waals surface area contributed by atoms with Crippen LogP contribution in [0, 0.1) is 5.82 Å². The first-order chi connectivity index (χ1) is 9.25. The second kappa shape index (κ2) is 5.17. The van der Waals surface area contributed by atoms with Gasteiger partial charge in [0.25, 0.3) is 0 Å². The monoisotopic (exact) mass is 277 g/mol. The third kappa shape index (κ3) is 2.71. The van der Waals surface area contributed by atoms with Crippen LogP contribution in [0.1, 0.15) is 29.9 Å². The molecule has 0 amide bonds. The topological polar surface area (TPSA) is 50.9 Å². The summed E-state index contributed by atoms with van der Waals surface area (Å²) in [6.07, 6.45) is 3.06. The summed E-state index contributed by atoms with van der Waals surface area (Å²) in [4.78, 5) is 0. The van der Waals surface area contributed by atoms with Gasteiger partial charge in [0.15, 0.2) is 0 Å². The molecule has 1 aliphatic rings. The van der Waals surface area contributed by atoms with E-state index in [9.17, 15) is 4.39 Å². The van der Waals surface area contributed by atoms with Crippen LogP contribution in [0.25, 0.3) is 0 Å². The fraction of sp³-hybridized carbons (Fsp3) is 0.357. The Morgan fingerprint density at radius 3 is 2.89 bits per heavy atom. The van der Waals surface area contributed by atoms with Gasteiger partial charge in [-0.25, -0.2) is 4.39 Å². The van der Waals surface area contributed by atoms with Gasteiger partial charge in [0.1, 0.15) is 16.6 Å². The predicted octanol–water partition coefficient (Wildman–Crippen LogP) is 3.40. The van der Waals surface area contributed by atoms with Gasteiger partial charge < -0.3 is 11.1 Å². The zero-order chi connectivity index (χ0) is 13.2. The van der Waals surface area contributed by atoms with Crippen LogP contribution in [-0.2, 0) is 6.42 Å². The number of rotatable bonds is 5. The highest BCUT2D eigenvalue weighted by Crippen LogP contribution is 2.47. The standard InChI is InChI=1S/C14H16FN3S/c15-11-4-2-1-3-9(11)7-8-17-14-12(10-5-6-10)13(16)18-19-14/h1-4,10,17H,5-8H2,(H2,16,18). The normalized spacial score (nSPS) is 14.6. The van der Waals surface area contributed by atoms with Crippen LogP contribution in [0.2, 0.25) is 0 Å². The second-order valence-corrected chi connectivity index (χ2v) is 5.63. The Hall–Kier alpha value is -1.62. The van der Waals surface area contributed by atoms with Gasteiger partial charge in [0.2, 0.25) is 0 Å². The van der Waals surface area contributed by atoms with E-state index in [1.807, 2.05) is 12.1 Å². The molecule has 100 valence electrons. The molecule has 0 saturated heterocycles. The Morgan fingerprint density at radius 1 is 1.37 bits per heavy atom. The first-order valence-electron chi connectivity index (χ1n) is 6.48. The van der Waals surface area contributed by atoms with E-state index in [-0.39, 0.29) is 5.82 Å². The van der Waals surface area contributed by atoms with Crippen LogP contribution in [0.15, 0.2) is 24.3 Å². The molecular weight excluding hydrogens is 261 g/mol. The van der Waals surface area contributed by atoms with E-state index >= 15 is 0 Å². The maximum atomic E-state index is 13.5. The van der Waals surface area contributed by atoms with E-state index in [0.29, 0.717) is 24.7 Å². The zero-order valence-electron chi connectivity index (χ0n) is 10.5. The molecule has 0 radical (unpaired) electrons. The minimum Gasteiger partial charge on any atom is -0.383 e. The van der Waals surface area contributed by atoms with Gasteiger partial charge >= 0.3 is 0 Å². The summed E-state index contributed by atoms with van der Waals surface area (Å²) in [5.41, 5.74) is 7.79. The maximum absolute atomic E-state index is 13.5. The number of nitrogens with one attached hydrogen (secondary N) is 1. The van der Waals surface area contributed by atoms with Crippen molar-refractivity contribution in [2.24, 2.45) is 0 Å². The van der Waals surface area contributed by atoms with Crippen LogP contribution in [0.4, 0.5) is 15.2 Å². The average molecular weight is 277 g/mol. The fourth-order valence-corrected chi connectivity index (χ4v) is 3.04. The van der Waals surface area contributed by atoms with Crippen molar-refractivity contribution in [2.75, 3.05) is 17.6 Å². The van der Waals surface area contributed by atoms with Crippen molar-refractivity contribution in [3.8, 4) is 0 Å². The number of hydrogen-bond donors (Lipinski definition) is 2. The molecule has 1 fully saturated rings. The van der Waals surface area contributed by atoms with Crippen molar-refractivity contribution in [2.45, 2.75) is 25.2 Å². The van der Waals surface area contributed by atoms with Gasteiger partial charge in [-0.3, -0.25) is 0 Å². The van der Waals surface area contributed by atoms with Crippen molar-refractivity contribution < 1.29 is 4.39 Å². The molecule has 5 heteroatoms. The number of halogens is 1. The lowest BCUT2D eigenvalue weighted by Crippen LogP contribution is -2.06. The quantitative estimate of drug-likeness (QED) is 0.880. The van der Waals surface area contributed by atoms with Crippen LogP contribution in [0.3, 0.4) is 0 Å². The highest BCUT2D eigenvalue weighted by molar-refractivity contribution is 7.10. The molecule has 1 aromatic heterocycles. The van der Waals surface area contributed by atoms with Gasteiger partial charge in [-0.05, 0) is 48.3 Å². The van der Waals surface area contributed by atoms with E-state index in [0.717, 1.165) is 10.6 Å². The SMILES string of the molecule is Nc1nsc(NCCc2ccccc2F)c1C1CC1. The van der Waals surface area contributed by atoms with E-state index < -0.39 is 0 Å². The molecule has 3 rings (SSSR count). The fourth-order valence-electron chi connectivity index (χ4n) is 2.22. The number of nitrogens with two attached hydrogens (primary N) is 1. The molecule has 0 aliphatic heterocycles. The van der Waals surface area contributed by atoms with Gasteiger partial charge in [0.05, 0.1) is 0 Å². The molecule has 1 heterocycles. The van der Waals surface area contributed by atoms with Crippen LogP contribution in [-0.4, -0.2) is 10.9 Å². The van der Waals surface area contributed by atoms with Crippen molar-refractivity contribution in [1.29, 1.82) is 0 Å². The number of aromatic nitrogens is 1. The van der Waals surface area contributed by atoms with Gasteiger partial charge in [-0.2, -0.15) is 4.37 Å². The number of nitrogen functional groups attached to an aromatic ring is 1. The summed E-state index contributed by atoms with van der Waals surface area (Å²) < 4.78 is 17.7. The Morgan fingerprint density at radius 2 is 2.16 bits per heavy atom. The highest BCUT2D eigenvalue weighted by atomic mass is 32.1. The number of hydrogen-bond acceptors (Lipinski definition) is 4. The molecule has 1 saturated carbocycles. The molecule has 1 aliphatic carbocycles. The van der Waals surface area contributed by atoms with Gasteiger partial charge in [-0.1, -0.05) is 18.2 Å². The van der Waals surface area contributed by atoms with E-state index in [1.54, 1.807) is 6.07 Å². The molecule has 2 aromatic rings. The number of anilines is 2. The van der Waals surface area contributed by atoms with E-state index in [2.05, 4.69) is 9.69 Å². The summed E-state index contributed by atoms with van der Waals surface area (Å²) >= 11 is 1.40. The zero-order valence-corrected chi connectivity index (χ0v) is 11.3. The Kier molecular flexibility index (Phi) is 3.38. The number of nitrogens with zero attached hydrogens (tertiary/aromatic N) is 1. The lowest BCUT2D eigenvalue weighted by atomic mass is 10.1. The minimum absolute atomic E-state index is 0.143. The average Bonchev–Trinajstić information content (AvgIpc) is 3.17. The first kappa shape index (κ1) is 12.4. The van der Waals surface area contributed by atoms with Gasteiger partial charge in [-0.15, -0.1) is 0 Å². The summed E-state index contributed by atoms with van der Waals surface area (Å²) in [6, 6.07) is 6.88. The predicted molar refractivity (Wildman–Crippen MR) is 77.1 cm³/mol. The molecular formula is C14H16FN3S. The Labute approximate surface area is 115 Å². The third-order valence-electron chi connectivity index (χ3n) is 3.38.